The maximum Gasteiger partial charge on any atom is 0.335 e. The molecule has 2 aromatic carbocycles. The van der Waals surface area contributed by atoms with Crippen LogP contribution in [0.25, 0.3) is 11.3 Å². The Morgan fingerprint density at radius 2 is 1.69 bits per heavy atom. The Balaban J connectivity index is 1.97. The molecule has 3 aromatic rings. The quantitative estimate of drug-likeness (QED) is 0.601. The highest BCUT2D eigenvalue weighted by Gasteiger charge is 2.15. The number of aromatic carboxylic acids is 1. The van der Waals surface area contributed by atoms with Gasteiger partial charge in [-0.1, -0.05) is 17.4 Å². The zero-order valence-corrected chi connectivity index (χ0v) is 15.5. The second-order valence-electron chi connectivity index (χ2n) is 6.01. The molecular weight excluding hydrogens is 348 g/mol. The van der Waals surface area contributed by atoms with Crippen molar-refractivity contribution in [1.29, 1.82) is 0 Å². The van der Waals surface area contributed by atoms with Crippen LogP contribution >= 0.6 is 11.3 Å². The van der Waals surface area contributed by atoms with Crippen molar-refractivity contribution < 1.29 is 9.90 Å². The summed E-state index contributed by atoms with van der Waals surface area (Å²) in [6, 6.07) is 10.4. The zero-order chi connectivity index (χ0) is 18.8. The Bertz CT molecular complexity index is 1010. The summed E-state index contributed by atoms with van der Waals surface area (Å²) < 4.78 is 0. The molecule has 0 amide bonds. The highest BCUT2D eigenvalue weighted by molar-refractivity contribution is 7.19. The van der Waals surface area contributed by atoms with Gasteiger partial charge in [-0.15, -0.1) is 10.2 Å². The number of nitrogens with two attached hydrogens (primary N) is 1. The third kappa shape index (κ3) is 3.62. The number of aromatic nitrogens is 1. The predicted molar refractivity (Wildman–Crippen MR) is 104 cm³/mol. The van der Waals surface area contributed by atoms with Gasteiger partial charge in [0.25, 0.3) is 0 Å². The topological polar surface area (TPSA) is 101 Å². The molecule has 0 aliphatic rings. The molecule has 0 saturated carbocycles. The number of carbonyl (C=O) groups is 1. The molecule has 26 heavy (non-hydrogen) atoms. The molecule has 0 aliphatic heterocycles. The predicted octanol–water partition coefficient (Wildman–Crippen LogP) is 5.43. The third-order valence-electron chi connectivity index (χ3n) is 4.09. The van der Waals surface area contributed by atoms with E-state index in [0.29, 0.717) is 21.5 Å². The lowest BCUT2D eigenvalue weighted by Gasteiger charge is -2.08. The summed E-state index contributed by atoms with van der Waals surface area (Å²) in [4.78, 5) is 15.3. The Labute approximate surface area is 155 Å². The van der Waals surface area contributed by atoms with Crippen molar-refractivity contribution in [1.82, 2.24) is 4.98 Å². The SMILES string of the molecule is Cc1cc(C)c(-c2nc(N)sc2N=Nc2ccc(C(=O)O)cc2)cc1C. The molecule has 1 heterocycles. The fraction of sp³-hybridized carbons (Fsp3) is 0.158. The van der Waals surface area contributed by atoms with E-state index in [1.807, 2.05) is 6.92 Å². The van der Waals surface area contributed by atoms with Crippen LogP contribution in [0.3, 0.4) is 0 Å². The third-order valence-corrected chi connectivity index (χ3v) is 4.86. The van der Waals surface area contributed by atoms with Crippen molar-refractivity contribution in [2.24, 2.45) is 10.2 Å². The summed E-state index contributed by atoms with van der Waals surface area (Å²) in [5, 5.41) is 18.5. The minimum Gasteiger partial charge on any atom is -0.478 e. The Hall–Kier alpha value is -3.06. The standard InChI is InChI=1S/C19H18N4O2S/c1-10-8-12(3)15(9-11(10)2)16-17(26-19(20)21-16)23-22-14-6-4-13(5-7-14)18(24)25/h4-9H,1-3H3,(H2,20,21)(H,24,25). The van der Waals surface area contributed by atoms with Gasteiger partial charge >= 0.3 is 5.97 Å². The molecule has 3 N–H and O–H groups in total. The largest absolute Gasteiger partial charge is 0.478 e. The monoisotopic (exact) mass is 366 g/mol. The highest BCUT2D eigenvalue weighted by Crippen LogP contribution is 2.39. The first-order chi connectivity index (χ1) is 12.3. The normalized spacial score (nSPS) is 11.2. The number of anilines is 1. The lowest BCUT2D eigenvalue weighted by atomic mass is 9.99. The molecule has 0 spiro atoms. The highest BCUT2D eigenvalue weighted by atomic mass is 32.1. The van der Waals surface area contributed by atoms with Crippen LogP contribution in [0.2, 0.25) is 0 Å². The molecule has 0 atom stereocenters. The summed E-state index contributed by atoms with van der Waals surface area (Å²) in [7, 11) is 0. The number of thiazole rings is 1. The van der Waals surface area contributed by atoms with Gasteiger partial charge < -0.3 is 10.8 Å². The summed E-state index contributed by atoms with van der Waals surface area (Å²) in [5.41, 5.74) is 11.8. The van der Waals surface area contributed by atoms with E-state index in [1.165, 1.54) is 34.6 Å². The molecular formula is C19H18N4O2S. The van der Waals surface area contributed by atoms with E-state index in [9.17, 15) is 4.79 Å². The number of rotatable bonds is 4. The number of azo groups is 1. The van der Waals surface area contributed by atoms with Crippen LogP contribution in [-0.4, -0.2) is 16.1 Å². The number of hydrogen-bond donors (Lipinski definition) is 2. The number of carboxylic acids is 1. The molecule has 1 aromatic heterocycles. The van der Waals surface area contributed by atoms with Crippen molar-refractivity contribution in [2.45, 2.75) is 20.8 Å². The number of nitrogen functional groups attached to an aromatic ring is 1. The van der Waals surface area contributed by atoms with Gasteiger partial charge in [-0.2, -0.15) is 0 Å². The van der Waals surface area contributed by atoms with Gasteiger partial charge in [0.15, 0.2) is 10.1 Å². The van der Waals surface area contributed by atoms with Crippen LogP contribution in [0.15, 0.2) is 46.6 Å². The molecule has 6 nitrogen and oxygen atoms in total. The summed E-state index contributed by atoms with van der Waals surface area (Å²) in [5.74, 6) is -0.976. The first-order valence-corrected chi connectivity index (χ1v) is 8.76. The van der Waals surface area contributed by atoms with Crippen LogP contribution in [0.5, 0.6) is 0 Å². The van der Waals surface area contributed by atoms with Crippen molar-refractivity contribution in [3.05, 3.63) is 58.7 Å². The number of nitrogens with zero attached hydrogens (tertiary/aromatic N) is 3. The lowest BCUT2D eigenvalue weighted by Crippen LogP contribution is -1.93. The van der Waals surface area contributed by atoms with E-state index < -0.39 is 5.97 Å². The van der Waals surface area contributed by atoms with E-state index in [1.54, 1.807) is 12.1 Å². The van der Waals surface area contributed by atoms with Crippen LogP contribution in [0.1, 0.15) is 27.0 Å². The fourth-order valence-electron chi connectivity index (χ4n) is 2.56. The first kappa shape index (κ1) is 17.8. The molecule has 0 radical (unpaired) electrons. The van der Waals surface area contributed by atoms with Crippen molar-refractivity contribution >= 4 is 33.1 Å². The maximum atomic E-state index is 10.9. The summed E-state index contributed by atoms with van der Waals surface area (Å²) in [6.07, 6.45) is 0. The molecule has 0 aliphatic carbocycles. The Morgan fingerprint density at radius 1 is 1.04 bits per heavy atom. The molecule has 3 rings (SSSR count). The van der Waals surface area contributed by atoms with Crippen LogP contribution in [0.4, 0.5) is 15.8 Å². The Morgan fingerprint density at radius 3 is 2.35 bits per heavy atom. The average Bonchev–Trinajstić information content (AvgIpc) is 2.97. The number of benzene rings is 2. The van der Waals surface area contributed by atoms with Gasteiger partial charge in [0.1, 0.15) is 5.69 Å². The summed E-state index contributed by atoms with van der Waals surface area (Å²) >= 11 is 1.27. The number of hydrogen-bond acceptors (Lipinski definition) is 6. The molecule has 132 valence electrons. The van der Waals surface area contributed by atoms with Crippen LogP contribution in [-0.2, 0) is 0 Å². The van der Waals surface area contributed by atoms with Gasteiger partial charge in [-0.05, 0) is 67.8 Å². The minimum absolute atomic E-state index is 0.206. The smallest absolute Gasteiger partial charge is 0.335 e. The first-order valence-electron chi connectivity index (χ1n) is 7.95. The fourth-order valence-corrected chi connectivity index (χ4v) is 3.23. The molecule has 0 saturated heterocycles. The van der Waals surface area contributed by atoms with Gasteiger partial charge in [-0.25, -0.2) is 9.78 Å². The van der Waals surface area contributed by atoms with E-state index in [4.69, 9.17) is 10.8 Å². The molecule has 0 fully saturated rings. The molecule has 0 bridgehead atoms. The lowest BCUT2D eigenvalue weighted by molar-refractivity contribution is 0.0697. The van der Waals surface area contributed by atoms with Crippen LogP contribution < -0.4 is 5.73 Å². The van der Waals surface area contributed by atoms with Crippen molar-refractivity contribution in [2.75, 3.05) is 5.73 Å². The second kappa shape index (κ2) is 7.05. The Kier molecular flexibility index (Phi) is 4.81. The van der Waals surface area contributed by atoms with Crippen molar-refractivity contribution in [3.8, 4) is 11.3 Å². The second-order valence-corrected chi connectivity index (χ2v) is 7.02. The van der Waals surface area contributed by atoms with E-state index in [0.717, 1.165) is 11.1 Å². The van der Waals surface area contributed by atoms with E-state index >= 15 is 0 Å². The van der Waals surface area contributed by atoms with E-state index in [2.05, 4.69) is 41.2 Å². The van der Waals surface area contributed by atoms with Gasteiger partial charge in [0, 0.05) is 5.56 Å². The average molecular weight is 366 g/mol. The number of carboxylic acid groups (broad SMARTS) is 1. The van der Waals surface area contributed by atoms with Gasteiger partial charge in [0.2, 0.25) is 0 Å². The number of aryl methyl sites for hydroxylation is 3. The molecule has 0 unspecified atom stereocenters. The minimum atomic E-state index is -0.976. The molecule has 7 heteroatoms. The van der Waals surface area contributed by atoms with Crippen LogP contribution in [0, 0.1) is 20.8 Å². The zero-order valence-electron chi connectivity index (χ0n) is 14.6. The van der Waals surface area contributed by atoms with Crippen molar-refractivity contribution in [3.63, 3.8) is 0 Å². The summed E-state index contributed by atoms with van der Waals surface area (Å²) in [6.45, 7) is 6.16. The van der Waals surface area contributed by atoms with Gasteiger partial charge in [-0.3, -0.25) is 0 Å². The maximum absolute atomic E-state index is 10.9. The van der Waals surface area contributed by atoms with Gasteiger partial charge in [0.05, 0.1) is 11.3 Å². The van der Waals surface area contributed by atoms with E-state index in [-0.39, 0.29) is 5.56 Å².